The summed E-state index contributed by atoms with van der Waals surface area (Å²) in [4.78, 5) is 2.01. The minimum atomic E-state index is -0.619. The second kappa shape index (κ2) is 5.70. The standard InChI is InChI=1S/C16H25FN2O/c1-11-8-15(13(12(2)18)9-14(11)17)19(3)10-16(20)6-4-5-7-16/h8-9,12,20H,4-7,10,18H2,1-3H3. The molecule has 1 aliphatic carbocycles. The molecule has 0 radical (unpaired) electrons. The summed E-state index contributed by atoms with van der Waals surface area (Å²) < 4.78 is 13.7. The van der Waals surface area contributed by atoms with E-state index in [0.717, 1.165) is 36.9 Å². The van der Waals surface area contributed by atoms with Crippen LogP contribution in [0.1, 0.15) is 49.8 Å². The van der Waals surface area contributed by atoms with E-state index in [1.807, 2.05) is 24.9 Å². The molecule has 4 heteroatoms. The molecular formula is C16H25FN2O. The summed E-state index contributed by atoms with van der Waals surface area (Å²) in [6, 6.07) is 3.11. The smallest absolute Gasteiger partial charge is 0.126 e. The third-order valence-corrected chi connectivity index (χ3v) is 4.28. The average molecular weight is 280 g/mol. The molecule has 1 aromatic carbocycles. The molecule has 112 valence electrons. The van der Waals surface area contributed by atoms with Gasteiger partial charge in [0.25, 0.3) is 0 Å². The highest BCUT2D eigenvalue weighted by Gasteiger charge is 2.32. The number of nitrogens with zero attached hydrogens (tertiary/aromatic N) is 1. The Balaban J connectivity index is 2.28. The number of hydrogen-bond acceptors (Lipinski definition) is 3. The number of halogens is 1. The van der Waals surface area contributed by atoms with E-state index < -0.39 is 5.60 Å². The van der Waals surface area contributed by atoms with Crippen LogP contribution in [0.4, 0.5) is 10.1 Å². The molecule has 1 saturated carbocycles. The Morgan fingerprint density at radius 1 is 1.40 bits per heavy atom. The number of hydrogen-bond donors (Lipinski definition) is 2. The summed E-state index contributed by atoms with van der Waals surface area (Å²) in [6.07, 6.45) is 3.83. The lowest BCUT2D eigenvalue weighted by atomic mass is 9.99. The number of aliphatic hydroxyl groups is 1. The van der Waals surface area contributed by atoms with Crippen LogP contribution in [0.5, 0.6) is 0 Å². The van der Waals surface area contributed by atoms with Crippen LogP contribution >= 0.6 is 0 Å². The van der Waals surface area contributed by atoms with Crippen LogP contribution in [-0.4, -0.2) is 24.3 Å². The average Bonchev–Trinajstić information content (AvgIpc) is 2.78. The molecule has 0 spiro atoms. The first-order chi connectivity index (χ1) is 9.32. The van der Waals surface area contributed by atoms with Gasteiger partial charge in [-0.2, -0.15) is 0 Å². The molecule has 1 unspecified atom stereocenters. The van der Waals surface area contributed by atoms with Crippen LogP contribution in [-0.2, 0) is 0 Å². The number of rotatable bonds is 4. The SMILES string of the molecule is Cc1cc(N(C)CC2(O)CCCC2)c(C(C)N)cc1F. The van der Waals surface area contributed by atoms with Crippen molar-refractivity contribution in [1.29, 1.82) is 0 Å². The van der Waals surface area contributed by atoms with Crippen LogP contribution in [0, 0.1) is 12.7 Å². The molecule has 0 amide bonds. The molecule has 0 aliphatic heterocycles. The molecule has 0 heterocycles. The van der Waals surface area contributed by atoms with E-state index >= 15 is 0 Å². The summed E-state index contributed by atoms with van der Waals surface area (Å²) in [5, 5.41) is 10.5. The first kappa shape index (κ1) is 15.3. The van der Waals surface area contributed by atoms with E-state index in [4.69, 9.17) is 5.73 Å². The molecule has 3 N–H and O–H groups in total. The first-order valence-electron chi connectivity index (χ1n) is 7.31. The lowest BCUT2D eigenvalue weighted by Gasteiger charge is -2.32. The molecule has 1 fully saturated rings. The Bertz CT molecular complexity index is 482. The van der Waals surface area contributed by atoms with E-state index in [1.165, 1.54) is 6.07 Å². The molecule has 1 aromatic rings. The maximum atomic E-state index is 13.7. The van der Waals surface area contributed by atoms with Gasteiger partial charge in [-0.3, -0.25) is 0 Å². The van der Waals surface area contributed by atoms with Crippen LogP contribution in [0.25, 0.3) is 0 Å². The first-order valence-corrected chi connectivity index (χ1v) is 7.31. The third kappa shape index (κ3) is 3.13. The fraction of sp³-hybridized carbons (Fsp3) is 0.625. The molecule has 1 atom stereocenters. The normalized spacial score (nSPS) is 19.1. The molecular weight excluding hydrogens is 255 g/mol. The highest BCUT2D eigenvalue weighted by Crippen LogP contribution is 2.33. The zero-order valence-electron chi connectivity index (χ0n) is 12.6. The highest BCUT2D eigenvalue weighted by atomic mass is 19.1. The van der Waals surface area contributed by atoms with E-state index in [9.17, 15) is 9.50 Å². The van der Waals surface area contributed by atoms with Gasteiger partial charge in [-0.15, -0.1) is 0 Å². The van der Waals surface area contributed by atoms with E-state index in [0.29, 0.717) is 12.1 Å². The Labute approximate surface area is 120 Å². The van der Waals surface area contributed by atoms with Crippen molar-refractivity contribution < 1.29 is 9.50 Å². The summed E-state index contributed by atoms with van der Waals surface area (Å²) in [5.74, 6) is -0.228. The van der Waals surface area contributed by atoms with Crippen molar-refractivity contribution in [2.24, 2.45) is 5.73 Å². The lowest BCUT2D eigenvalue weighted by molar-refractivity contribution is 0.0559. The van der Waals surface area contributed by atoms with Crippen LogP contribution in [0.2, 0.25) is 0 Å². The Morgan fingerprint density at radius 3 is 2.55 bits per heavy atom. The minimum absolute atomic E-state index is 0.228. The largest absolute Gasteiger partial charge is 0.388 e. The predicted molar refractivity (Wildman–Crippen MR) is 80.4 cm³/mol. The van der Waals surface area contributed by atoms with Gasteiger partial charge >= 0.3 is 0 Å². The van der Waals surface area contributed by atoms with E-state index in [1.54, 1.807) is 6.92 Å². The zero-order valence-corrected chi connectivity index (χ0v) is 12.6. The van der Waals surface area contributed by atoms with E-state index in [2.05, 4.69) is 0 Å². The van der Waals surface area contributed by atoms with Crippen LogP contribution < -0.4 is 10.6 Å². The van der Waals surface area contributed by atoms with Crippen molar-refractivity contribution in [2.75, 3.05) is 18.5 Å². The van der Waals surface area contributed by atoms with Gasteiger partial charge in [0.2, 0.25) is 0 Å². The number of benzene rings is 1. The third-order valence-electron chi connectivity index (χ3n) is 4.28. The molecule has 0 aromatic heterocycles. The summed E-state index contributed by atoms with van der Waals surface area (Å²) in [7, 11) is 1.94. The molecule has 20 heavy (non-hydrogen) atoms. The fourth-order valence-electron chi connectivity index (χ4n) is 3.09. The maximum absolute atomic E-state index is 13.7. The zero-order chi connectivity index (χ0) is 14.9. The maximum Gasteiger partial charge on any atom is 0.126 e. The second-order valence-corrected chi connectivity index (χ2v) is 6.24. The quantitative estimate of drug-likeness (QED) is 0.891. The molecule has 0 bridgehead atoms. The minimum Gasteiger partial charge on any atom is -0.388 e. The summed E-state index contributed by atoms with van der Waals surface area (Å²) in [5.41, 5.74) is 7.65. The Morgan fingerprint density at radius 2 is 2.00 bits per heavy atom. The van der Waals surface area contributed by atoms with Gasteiger partial charge in [0.15, 0.2) is 0 Å². The van der Waals surface area contributed by atoms with Gasteiger partial charge in [0, 0.05) is 25.3 Å². The van der Waals surface area contributed by atoms with Crippen molar-refractivity contribution in [3.05, 3.63) is 29.1 Å². The fourth-order valence-corrected chi connectivity index (χ4v) is 3.09. The molecule has 1 aliphatic rings. The lowest BCUT2D eigenvalue weighted by Crippen LogP contribution is -2.39. The Hall–Kier alpha value is -1.13. The topological polar surface area (TPSA) is 49.5 Å². The van der Waals surface area contributed by atoms with Gasteiger partial charge in [-0.25, -0.2) is 4.39 Å². The number of anilines is 1. The van der Waals surface area contributed by atoms with Crippen molar-refractivity contribution >= 4 is 5.69 Å². The molecule has 0 saturated heterocycles. The van der Waals surface area contributed by atoms with Crippen molar-refractivity contribution in [2.45, 2.75) is 51.2 Å². The number of nitrogens with two attached hydrogens (primary N) is 1. The predicted octanol–water partition coefficient (Wildman–Crippen LogP) is 2.90. The van der Waals surface area contributed by atoms with Crippen LogP contribution in [0.3, 0.4) is 0 Å². The Kier molecular flexibility index (Phi) is 4.35. The monoisotopic (exact) mass is 280 g/mol. The number of likely N-dealkylation sites (N-methyl/N-ethyl adjacent to an activating group) is 1. The molecule has 2 rings (SSSR count). The van der Waals surface area contributed by atoms with E-state index in [-0.39, 0.29) is 11.9 Å². The van der Waals surface area contributed by atoms with Gasteiger partial charge < -0.3 is 15.7 Å². The number of aryl methyl sites for hydroxylation is 1. The summed E-state index contributed by atoms with van der Waals surface area (Å²) >= 11 is 0. The van der Waals surface area contributed by atoms with Crippen LogP contribution in [0.15, 0.2) is 12.1 Å². The summed E-state index contributed by atoms with van der Waals surface area (Å²) in [6.45, 7) is 4.17. The van der Waals surface area contributed by atoms with Gasteiger partial charge in [-0.05, 0) is 49.9 Å². The van der Waals surface area contributed by atoms with Crippen molar-refractivity contribution in [1.82, 2.24) is 0 Å². The van der Waals surface area contributed by atoms with Crippen molar-refractivity contribution in [3.8, 4) is 0 Å². The highest BCUT2D eigenvalue weighted by molar-refractivity contribution is 5.56. The molecule has 3 nitrogen and oxygen atoms in total. The van der Waals surface area contributed by atoms with Gasteiger partial charge in [-0.1, -0.05) is 12.8 Å². The second-order valence-electron chi connectivity index (χ2n) is 6.24. The van der Waals surface area contributed by atoms with Crippen molar-refractivity contribution in [3.63, 3.8) is 0 Å². The van der Waals surface area contributed by atoms with Gasteiger partial charge in [0.05, 0.1) is 5.60 Å². The van der Waals surface area contributed by atoms with Gasteiger partial charge in [0.1, 0.15) is 5.82 Å².